The number of hydrogen-bond donors (Lipinski definition) is 2. The fraction of sp³-hybridized carbons (Fsp3) is 0.235. The maximum absolute atomic E-state index is 12.5. The van der Waals surface area contributed by atoms with E-state index in [0.29, 0.717) is 17.1 Å². The number of carbonyl (C=O) groups excluding carboxylic acids is 1. The Kier molecular flexibility index (Phi) is 4.05. The lowest BCUT2D eigenvalue weighted by Crippen LogP contribution is -2.31. The average molecular weight is 317 g/mol. The minimum absolute atomic E-state index is 0.0124. The molecule has 0 aromatic heterocycles. The van der Waals surface area contributed by atoms with Crippen LogP contribution < -0.4 is 10.6 Å². The molecule has 0 radical (unpaired) electrons. The van der Waals surface area contributed by atoms with Crippen LogP contribution in [0, 0.1) is 0 Å². The molecule has 1 unspecified atom stereocenters. The molecule has 2 aromatic rings. The number of phenolic OH excluding ortho intramolecular Hbond substituents is 1. The van der Waals surface area contributed by atoms with Gasteiger partial charge < -0.3 is 15.7 Å². The monoisotopic (exact) mass is 316 g/mol. The highest BCUT2D eigenvalue weighted by atomic mass is 35.5. The number of amides is 1. The molecule has 4 nitrogen and oxygen atoms in total. The van der Waals surface area contributed by atoms with Crippen molar-refractivity contribution in [1.82, 2.24) is 0 Å². The van der Waals surface area contributed by atoms with E-state index in [2.05, 4.69) is 0 Å². The molecular weight excluding hydrogens is 300 g/mol. The molecule has 1 aliphatic rings. The van der Waals surface area contributed by atoms with Crippen molar-refractivity contribution in [3.05, 3.63) is 58.6 Å². The summed E-state index contributed by atoms with van der Waals surface area (Å²) in [6.45, 7) is 0.689. The standard InChI is InChI=1S/C17H17ClN2O2/c18-14-9-12(21)5-6-13(14)15(19)10-17(22)20-8-7-11-3-1-2-4-16(11)20/h1-6,9,15,21H,7-8,10,19H2. The Hall–Kier alpha value is -2.04. The second-order valence-electron chi connectivity index (χ2n) is 5.44. The Bertz CT molecular complexity index is 718. The van der Waals surface area contributed by atoms with E-state index in [1.807, 2.05) is 24.3 Å². The Balaban J connectivity index is 1.75. The predicted molar refractivity (Wildman–Crippen MR) is 87.2 cm³/mol. The molecule has 1 amide bonds. The normalized spacial score (nSPS) is 14.7. The maximum Gasteiger partial charge on any atom is 0.228 e. The summed E-state index contributed by atoms with van der Waals surface area (Å²) in [5.41, 5.74) is 8.94. The first-order chi connectivity index (χ1) is 10.6. The summed E-state index contributed by atoms with van der Waals surface area (Å²) in [5.74, 6) is 0.0716. The first kappa shape index (κ1) is 14.9. The number of fused-ring (bicyclic) bond motifs is 1. The zero-order valence-electron chi connectivity index (χ0n) is 12.0. The summed E-state index contributed by atoms with van der Waals surface area (Å²) < 4.78 is 0. The number of anilines is 1. The van der Waals surface area contributed by atoms with E-state index in [0.717, 1.165) is 12.1 Å². The molecule has 22 heavy (non-hydrogen) atoms. The zero-order chi connectivity index (χ0) is 15.7. The van der Waals surface area contributed by atoms with Crippen LogP contribution >= 0.6 is 11.6 Å². The van der Waals surface area contributed by atoms with Crippen LogP contribution in [0.25, 0.3) is 0 Å². The number of halogens is 1. The molecule has 3 N–H and O–H groups in total. The molecule has 114 valence electrons. The van der Waals surface area contributed by atoms with Crippen LogP contribution in [0.4, 0.5) is 5.69 Å². The Labute approximate surface area is 134 Å². The van der Waals surface area contributed by atoms with Crippen molar-refractivity contribution in [3.63, 3.8) is 0 Å². The van der Waals surface area contributed by atoms with Crippen LogP contribution in [0.2, 0.25) is 5.02 Å². The molecule has 0 saturated heterocycles. The summed E-state index contributed by atoms with van der Waals surface area (Å²) in [6, 6.07) is 12.0. The third kappa shape index (κ3) is 2.80. The zero-order valence-corrected chi connectivity index (χ0v) is 12.8. The SMILES string of the molecule is NC(CC(=O)N1CCc2ccccc21)c1ccc(O)cc1Cl. The summed E-state index contributed by atoms with van der Waals surface area (Å²) in [5, 5.41) is 9.76. The van der Waals surface area contributed by atoms with E-state index < -0.39 is 6.04 Å². The van der Waals surface area contributed by atoms with Crippen LogP contribution in [-0.4, -0.2) is 17.6 Å². The van der Waals surface area contributed by atoms with Gasteiger partial charge in [-0.2, -0.15) is 0 Å². The predicted octanol–water partition coefficient (Wildman–Crippen LogP) is 3.02. The van der Waals surface area contributed by atoms with Gasteiger partial charge in [0.1, 0.15) is 5.75 Å². The molecule has 5 heteroatoms. The van der Waals surface area contributed by atoms with Crippen LogP contribution in [0.15, 0.2) is 42.5 Å². The van der Waals surface area contributed by atoms with Gasteiger partial charge >= 0.3 is 0 Å². The first-order valence-electron chi connectivity index (χ1n) is 7.18. The molecule has 0 bridgehead atoms. The number of nitrogens with zero attached hydrogens (tertiary/aromatic N) is 1. The second-order valence-corrected chi connectivity index (χ2v) is 5.85. The lowest BCUT2D eigenvalue weighted by molar-refractivity contribution is -0.118. The van der Waals surface area contributed by atoms with Crippen LogP contribution in [0.5, 0.6) is 5.75 Å². The Morgan fingerprint density at radius 3 is 2.86 bits per heavy atom. The van der Waals surface area contributed by atoms with E-state index in [1.54, 1.807) is 11.0 Å². The van der Waals surface area contributed by atoms with Crippen molar-refractivity contribution in [3.8, 4) is 5.75 Å². The highest BCUT2D eigenvalue weighted by Crippen LogP contribution is 2.31. The molecule has 1 aliphatic heterocycles. The summed E-state index contributed by atoms with van der Waals surface area (Å²) >= 11 is 6.08. The third-order valence-electron chi connectivity index (χ3n) is 3.97. The van der Waals surface area contributed by atoms with Crippen molar-refractivity contribution in [2.75, 3.05) is 11.4 Å². The quantitative estimate of drug-likeness (QED) is 0.914. The number of benzene rings is 2. The van der Waals surface area contributed by atoms with E-state index in [1.165, 1.54) is 17.7 Å². The number of nitrogens with two attached hydrogens (primary N) is 1. The van der Waals surface area contributed by atoms with E-state index in [9.17, 15) is 9.90 Å². The average Bonchev–Trinajstić information content (AvgIpc) is 2.91. The van der Waals surface area contributed by atoms with Gasteiger partial charge in [-0.15, -0.1) is 0 Å². The van der Waals surface area contributed by atoms with E-state index >= 15 is 0 Å². The lowest BCUT2D eigenvalue weighted by atomic mass is 10.0. The molecular formula is C17H17ClN2O2. The van der Waals surface area contributed by atoms with E-state index in [-0.39, 0.29) is 18.1 Å². The fourth-order valence-electron chi connectivity index (χ4n) is 2.82. The van der Waals surface area contributed by atoms with Gasteiger partial charge in [-0.3, -0.25) is 4.79 Å². The van der Waals surface area contributed by atoms with Crippen LogP contribution in [0.3, 0.4) is 0 Å². The van der Waals surface area contributed by atoms with Crippen molar-refractivity contribution in [1.29, 1.82) is 0 Å². The Morgan fingerprint density at radius 2 is 2.09 bits per heavy atom. The fourth-order valence-corrected chi connectivity index (χ4v) is 3.14. The van der Waals surface area contributed by atoms with Gasteiger partial charge in [-0.05, 0) is 35.7 Å². The molecule has 0 aliphatic carbocycles. The molecule has 1 atom stereocenters. The molecule has 2 aromatic carbocycles. The minimum Gasteiger partial charge on any atom is -0.508 e. The molecule has 0 fully saturated rings. The number of hydrogen-bond acceptors (Lipinski definition) is 3. The smallest absolute Gasteiger partial charge is 0.228 e. The molecule has 3 rings (SSSR count). The Morgan fingerprint density at radius 1 is 1.32 bits per heavy atom. The summed E-state index contributed by atoms with van der Waals surface area (Å²) in [4.78, 5) is 14.3. The summed E-state index contributed by atoms with van der Waals surface area (Å²) in [7, 11) is 0. The van der Waals surface area contributed by atoms with Crippen molar-refractivity contribution >= 4 is 23.2 Å². The van der Waals surface area contributed by atoms with Crippen LogP contribution in [-0.2, 0) is 11.2 Å². The van der Waals surface area contributed by atoms with Gasteiger partial charge in [-0.1, -0.05) is 35.9 Å². The number of rotatable bonds is 3. The minimum atomic E-state index is -0.492. The molecule has 1 heterocycles. The highest BCUT2D eigenvalue weighted by Gasteiger charge is 2.26. The number of phenols is 1. The third-order valence-corrected chi connectivity index (χ3v) is 4.29. The number of para-hydroxylation sites is 1. The van der Waals surface area contributed by atoms with Crippen molar-refractivity contribution < 1.29 is 9.90 Å². The highest BCUT2D eigenvalue weighted by molar-refractivity contribution is 6.31. The van der Waals surface area contributed by atoms with Gasteiger partial charge in [0.2, 0.25) is 5.91 Å². The molecule has 0 spiro atoms. The first-order valence-corrected chi connectivity index (χ1v) is 7.56. The van der Waals surface area contributed by atoms with Gasteiger partial charge in [0.15, 0.2) is 0 Å². The lowest BCUT2D eigenvalue weighted by Gasteiger charge is -2.20. The topological polar surface area (TPSA) is 66.6 Å². The van der Waals surface area contributed by atoms with Crippen molar-refractivity contribution in [2.24, 2.45) is 5.73 Å². The van der Waals surface area contributed by atoms with Crippen LogP contribution in [0.1, 0.15) is 23.6 Å². The number of aromatic hydroxyl groups is 1. The second kappa shape index (κ2) is 5.99. The number of carbonyl (C=O) groups is 1. The van der Waals surface area contributed by atoms with Gasteiger partial charge in [-0.25, -0.2) is 0 Å². The van der Waals surface area contributed by atoms with Gasteiger partial charge in [0.25, 0.3) is 0 Å². The largest absolute Gasteiger partial charge is 0.508 e. The van der Waals surface area contributed by atoms with Gasteiger partial charge in [0.05, 0.1) is 0 Å². The summed E-state index contributed by atoms with van der Waals surface area (Å²) in [6.07, 6.45) is 1.05. The van der Waals surface area contributed by atoms with E-state index in [4.69, 9.17) is 17.3 Å². The maximum atomic E-state index is 12.5. The molecule has 0 saturated carbocycles. The van der Waals surface area contributed by atoms with Crippen molar-refractivity contribution in [2.45, 2.75) is 18.9 Å². The van der Waals surface area contributed by atoms with Gasteiger partial charge in [0, 0.05) is 29.7 Å².